The number of nitrogens with zero attached hydrogens (tertiary/aromatic N) is 4. The van der Waals surface area contributed by atoms with E-state index in [0.717, 1.165) is 0 Å². The van der Waals surface area contributed by atoms with Gasteiger partial charge in [0.2, 0.25) is 11.8 Å². The second-order valence-electron chi connectivity index (χ2n) is 7.99. The number of ether oxygens (including phenoxy) is 2. The number of aromatic nitrogens is 2. The Balaban J connectivity index is 0.00000353. The predicted molar refractivity (Wildman–Crippen MR) is 146 cm³/mol. The van der Waals surface area contributed by atoms with E-state index >= 15 is 0 Å². The van der Waals surface area contributed by atoms with Gasteiger partial charge in [0.25, 0.3) is 0 Å². The van der Waals surface area contributed by atoms with Crippen molar-refractivity contribution in [3.63, 3.8) is 0 Å². The van der Waals surface area contributed by atoms with Crippen LogP contribution >= 0.6 is 0 Å². The molecule has 0 fully saturated rings. The molecular formula is C30H22N4O4Pt. The zero-order valence-corrected chi connectivity index (χ0v) is 22.6. The molecule has 0 radical (unpaired) electrons. The van der Waals surface area contributed by atoms with Gasteiger partial charge in [-0.2, -0.15) is 0 Å². The minimum atomic E-state index is 0. The van der Waals surface area contributed by atoms with Gasteiger partial charge in [-0.15, -0.1) is 0 Å². The van der Waals surface area contributed by atoms with E-state index in [1.165, 1.54) is 24.6 Å². The van der Waals surface area contributed by atoms with Crippen LogP contribution in [0.25, 0.3) is 0 Å². The maximum atomic E-state index is 10.3. The summed E-state index contributed by atoms with van der Waals surface area (Å²) in [5.74, 6) is 2.02. The van der Waals surface area contributed by atoms with Crippen LogP contribution in [-0.4, -0.2) is 32.6 Å². The van der Waals surface area contributed by atoms with Crippen molar-refractivity contribution in [2.24, 2.45) is 9.98 Å². The Morgan fingerprint density at radius 2 is 1.00 bits per heavy atom. The normalized spacial score (nSPS) is 10.9. The van der Waals surface area contributed by atoms with Crippen LogP contribution in [-0.2, 0) is 21.1 Å². The Kier molecular flexibility index (Phi) is 9.16. The van der Waals surface area contributed by atoms with Crippen molar-refractivity contribution in [2.75, 3.05) is 0 Å². The number of phenols is 2. The fraction of sp³-hybridized carbons (Fsp3) is 0. The van der Waals surface area contributed by atoms with Gasteiger partial charge < -0.3 is 19.7 Å². The zero-order chi connectivity index (χ0) is 26.2. The molecule has 0 unspecified atom stereocenters. The molecule has 9 heteroatoms. The summed E-state index contributed by atoms with van der Waals surface area (Å²) in [5.41, 5.74) is 2.07. The van der Waals surface area contributed by atoms with Crippen LogP contribution in [0.15, 0.2) is 119 Å². The number of benzene rings is 3. The fourth-order valence-electron chi connectivity index (χ4n) is 3.42. The number of hydrogen-bond donors (Lipinski definition) is 2. The summed E-state index contributed by atoms with van der Waals surface area (Å²) in [7, 11) is 0. The average molecular weight is 698 g/mol. The quantitative estimate of drug-likeness (QED) is 0.170. The SMILES string of the molecule is Oc1ccc(Oc2ccccn2)cc1C=Nc1ccccc1N=Cc1cc(Oc2ccccn2)ccc1O.[Pt]. The van der Waals surface area contributed by atoms with Crippen molar-refractivity contribution < 1.29 is 40.8 Å². The van der Waals surface area contributed by atoms with Crippen LogP contribution in [0.2, 0.25) is 0 Å². The summed E-state index contributed by atoms with van der Waals surface area (Å²) < 4.78 is 11.5. The van der Waals surface area contributed by atoms with E-state index in [1.807, 2.05) is 24.3 Å². The molecule has 2 heterocycles. The van der Waals surface area contributed by atoms with E-state index < -0.39 is 0 Å². The van der Waals surface area contributed by atoms with Gasteiger partial charge in [-0.1, -0.05) is 24.3 Å². The second kappa shape index (κ2) is 13.1. The summed E-state index contributed by atoms with van der Waals surface area (Å²) in [6, 6.07) is 27.7. The first-order chi connectivity index (χ1) is 18.6. The Labute approximate surface area is 239 Å². The molecule has 5 rings (SSSR count). The molecular weight excluding hydrogens is 675 g/mol. The Bertz CT molecular complexity index is 1480. The molecule has 5 aromatic rings. The molecule has 0 amide bonds. The summed E-state index contributed by atoms with van der Waals surface area (Å²) >= 11 is 0. The number of hydrogen-bond acceptors (Lipinski definition) is 8. The molecule has 39 heavy (non-hydrogen) atoms. The van der Waals surface area contributed by atoms with E-state index in [4.69, 9.17) is 9.47 Å². The van der Waals surface area contributed by atoms with Crippen LogP contribution in [0.3, 0.4) is 0 Å². The van der Waals surface area contributed by atoms with Gasteiger partial charge in [-0.05, 0) is 60.7 Å². The van der Waals surface area contributed by atoms with E-state index in [1.54, 1.807) is 73.1 Å². The summed E-state index contributed by atoms with van der Waals surface area (Å²) in [4.78, 5) is 17.3. The summed E-state index contributed by atoms with van der Waals surface area (Å²) in [6.45, 7) is 0. The molecule has 8 nitrogen and oxygen atoms in total. The first kappa shape index (κ1) is 27.2. The minimum Gasteiger partial charge on any atom is -0.507 e. The second-order valence-corrected chi connectivity index (χ2v) is 7.99. The van der Waals surface area contributed by atoms with Crippen LogP contribution in [0.1, 0.15) is 11.1 Å². The topological polar surface area (TPSA) is 109 Å². The first-order valence-electron chi connectivity index (χ1n) is 11.6. The third-order valence-electron chi connectivity index (χ3n) is 5.29. The Hall–Kier alpha value is -4.81. The van der Waals surface area contributed by atoms with Crippen LogP contribution in [0.5, 0.6) is 34.8 Å². The van der Waals surface area contributed by atoms with Crippen LogP contribution < -0.4 is 9.47 Å². The maximum absolute atomic E-state index is 10.3. The molecule has 0 aliphatic rings. The Morgan fingerprint density at radius 3 is 1.41 bits per heavy atom. The van der Waals surface area contributed by atoms with Gasteiger partial charge in [0, 0.05) is 69.1 Å². The van der Waals surface area contributed by atoms with Crippen molar-refractivity contribution >= 4 is 23.8 Å². The van der Waals surface area contributed by atoms with Gasteiger partial charge in [0.15, 0.2) is 0 Å². The van der Waals surface area contributed by atoms with E-state index in [0.29, 0.717) is 45.8 Å². The van der Waals surface area contributed by atoms with Crippen LogP contribution in [0.4, 0.5) is 11.4 Å². The largest absolute Gasteiger partial charge is 0.507 e. The van der Waals surface area contributed by atoms with E-state index in [9.17, 15) is 10.2 Å². The molecule has 0 aliphatic heterocycles. The molecule has 2 N–H and O–H groups in total. The molecule has 0 spiro atoms. The van der Waals surface area contributed by atoms with Crippen molar-refractivity contribution in [1.29, 1.82) is 0 Å². The Morgan fingerprint density at radius 1 is 0.564 bits per heavy atom. The minimum absolute atomic E-state index is 0. The molecule has 196 valence electrons. The third-order valence-corrected chi connectivity index (χ3v) is 5.29. The zero-order valence-electron chi connectivity index (χ0n) is 20.4. The predicted octanol–water partition coefficient (Wildman–Crippen LogP) is 6.97. The molecule has 0 saturated heterocycles. The molecule has 2 aromatic heterocycles. The third kappa shape index (κ3) is 7.37. The summed E-state index contributed by atoms with van der Waals surface area (Å²) in [5, 5.41) is 20.7. The van der Waals surface area contributed by atoms with Crippen molar-refractivity contribution in [3.05, 3.63) is 121 Å². The molecule has 0 saturated carbocycles. The van der Waals surface area contributed by atoms with Gasteiger partial charge >= 0.3 is 0 Å². The number of aliphatic imine (C=N–C) groups is 2. The molecule has 0 aliphatic carbocycles. The number of phenolic OH excluding ortho intramolecular Hbond substituents is 2. The number of pyridine rings is 2. The van der Waals surface area contributed by atoms with Gasteiger partial charge in [0.1, 0.15) is 23.0 Å². The fourth-order valence-corrected chi connectivity index (χ4v) is 3.42. The van der Waals surface area contributed by atoms with Gasteiger partial charge in [-0.3, -0.25) is 9.98 Å². The molecule has 0 atom stereocenters. The average Bonchev–Trinajstić information content (AvgIpc) is 2.95. The smallest absolute Gasteiger partial charge is 0.219 e. The van der Waals surface area contributed by atoms with Crippen molar-refractivity contribution in [1.82, 2.24) is 9.97 Å². The maximum Gasteiger partial charge on any atom is 0.219 e. The van der Waals surface area contributed by atoms with Gasteiger partial charge in [0.05, 0.1) is 11.4 Å². The van der Waals surface area contributed by atoms with Crippen molar-refractivity contribution in [3.8, 4) is 34.8 Å². The number of rotatable bonds is 8. The van der Waals surface area contributed by atoms with E-state index in [2.05, 4.69) is 20.0 Å². The van der Waals surface area contributed by atoms with E-state index in [-0.39, 0.29) is 32.6 Å². The standard InChI is InChI=1S/C30H22N4O4.Pt/c35-27-13-11-23(37-29-9-3-5-15-31-29)17-21(27)19-33-25-7-1-2-8-26(25)34-20-22-18-24(12-14-28(22)36)38-30-10-4-6-16-32-30;/h1-20,35-36H;. The van der Waals surface area contributed by atoms with Crippen molar-refractivity contribution in [2.45, 2.75) is 0 Å². The van der Waals surface area contributed by atoms with Crippen LogP contribution in [0, 0.1) is 0 Å². The first-order valence-corrected chi connectivity index (χ1v) is 11.6. The summed E-state index contributed by atoms with van der Waals surface area (Å²) in [6.07, 6.45) is 6.35. The monoisotopic (exact) mass is 697 g/mol. The number of aromatic hydroxyl groups is 2. The molecule has 0 bridgehead atoms. The molecule has 3 aromatic carbocycles. The number of para-hydroxylation sites is 2. The van der Waals surface area contributed by atoms with Gasteiger partial charge in [-0.25, -0.2) is 9.97 Å².